The first-order valence-electron chi connectivity index (χ1n) is 9.00. The number of rotatable bonds is 6. The van der Waals surface area contributed by atoms with Crippen LogP contribution in [-0.2, 0) is 9.59 Å². The van der Waals surface area contributed by atoms with Gasteiger partial charge in [0, 0.05) is 26.1 Å². The zero-order chi connectivity index (χ0) is 16.7. The molecular formula is C17H32N4O2. The molecule has 1 atom stereocenters. The van der Waals surface area contributed by atoms with E-state index < -0.39 is 0 Å². The Morgan fingerprint density at radius 3 is 2.52 bits per heavy atom. The van der Waals surface area contributed by atoms with Gasteiger partial charge in [0.2, 0.25) is 11.8 Å². The zero-order valence-electron chi connectivity index (χ0n) is 14.6. The van der Waals surface area contributed by atoms with Gasteiger partial charge < -0.3 is 15.5 Å². The summed E-state index contributed by atoms with van der Waals surface area (Å²) >= 11 is 0. The Kier molecular flexibility index (Phi) is 7.30. The average molecular weight is 324 g/mol. The van der Waals surface area contributed by atoms with Crippen molar-refractivity contribution in [1.82, 2.24) is 20.4 Å². The summed E-state index contributed by atoms with van der Waals surface area (Å²) in [6.07, 6.45) is 5.58. The van der Waals surface area contributed by atoms with Crippen LogP contribution in [0, 0.1) is 5.92 Å². The summed E-state index contributed by atoms with van der Waals surface area (Å²) in [6.45, 7) is 6.71. The summed E-state index contributed by atoms with van der Waals surface area (Å²) in [5.41, 5.74) is 0. The van der Waals surface area contributed by atoms with Gasteiger partial charge in [-0.1, -0.05) is 0 Å². The first kappa shape index (κ1) is 18.2. The quantitative estimate of drug-likeness (QED) is 0.744. The van der Waals surface area contributed by atoms with Gasteiger partial charge in [-0.15, -0.1) is 0 Å². The standard InChI is InChI=1S/C17H32N4O2/c1-14(22)19-16-4-3-9-21(12-16)17(23)13-20-10-6-15(7-11-20)5-8-18-2/h15-16,18H,3-13H2,1-2H3,(H,19,22). The van der Waals surface area contributed by atoms with Crippen LogP contribution in [0.1, 0.15) is 39.0 Å². The van der Waals surface area contributed by atoms with Crippen molar-refractivity contribution in [2.24, 2.45) is 5.92 Å². The Morgan fingerprint density at radius 2 is 1.87 bits per heavy atom. The predicted octanol–water partition coefficient (Wildman–Crippen LogP) is 0.435. The third-order valence-electron chi connectivity index (χ3n) is 5.05. The number of piperidine rings is 2. The fourth-order valence-electron chi connectivity index (χ4n) is 3.68. The number of hydrogen-bond donors (Lipinski definition) is 2. The number of hydrogen-bond acceptors (Lipinski definition) is 4. The lowest BCUT2D eigenvalue weighted by Crippen LogP contribution is -2.52. The van der Waals surface area contributed by atoms with Gasteiger partial charge in [-0.25, -0.2) is 0 Å². The maximum absolute atomic E-state index is 12.5. The zero-order valence-corrected chi connectivity index (χ0v) is 14.6. The Bertz CT molecular complexity index is 394. The summed E-state index contributed by atoms with van der Waals surface area (Å²) in [5, 5.41) is 6.16. The second-order valence-electron chi connectivity index (χ2n) is 6.99. The molecule has 2 fully saturated rings. The molecule has 2 heterocycles. The smallest absolute Gasteiger partial charge is 0.236 e. The minimum atomic E-state index is -0.00654. The largest absolute Gasteiger partial charge is 0.352 e. The Hall–Kier alpha value is -1.14. The molecule has 2 amide bonds. The minimum absolute atomic E-state index is 0.00654. The van der Waals surface area contributed by atoms with Crippen molar-refractivity contribution in [3.63, 3.8) is 0 Å². The Morgan fingerprint density at radius 1 is 1.13 bits per heavy atom. The van der Waals surface area contributed by atoms with Gasteiger partial charge in [-0.3, -0.25) is 14.5 Å². The lowest BCUT2D eigenvalue weighted by atomic mass is 9.93. The minimum Gasteiger partial charge on any atom is -0.352 e. The van der Waals surface area contributed by atoms with Gasteiger partial charge >= 0.3 is 0 Å². The third-order valence-corrected chi connectivity index (χ3v) is 5.05. The molecule has 0 aromatic rings. The molecule has 0 bridgehead atoms. The van der Waals surface area contributed by atoms with E-state index in [0.717, 1.165) is 44.9 Å². The van der Waals surface area contributed by atoms with E-state index in [2.05, 4.69) is 15.5 Å². The van der Waals surface area contributed by atoms with Crippen LogP contribution in [0.15, 0.2) is 0 Å². The maximum atomic E-state index is 12.5. The van der Waals surface area contributed by atoms with E-state index in [4.69, 9.17) is 0 Å². The van der Waals surface area contributed by atoms with Crippen molar-refractivity contribution in [3.05, 3.63) is 0 Å². The molecule has 132 valence electrons. The van der Waals surface area contributed by atoms with Crippen LogP contribution in [0.4, 0.5) is 0 Å². The van der Waals surface area contributed by atoms with Gasteiger partial charge in [0.1, 0.15) is 0 Å². The molecule has 2 N–H and O–H groups in total. The number of amides is 2. The van der Waals surface area contributed by atoms with Crippen LogP contribution in [0.3, 0.4) is 0 Å². The van der Waals surface area contributed by atoms with Crippen molar-refractivity contribution in [2.75, 3.05) is 46.3 Å². The highest BCUT2D eigenvalue weighted by atomic mass is 16.2. The summed E-state index contributed by atoms with van der Waals surface area (Å²) in [5.74, 6) is 1.01. The molecule has 0 saturated carbocycles. The van der Waals surface area contributed by atoms with Crippen LogP contribution in [0.2, 0.25) is 0 Å². The second kappa shape index (κ2) is 9.23. The van der Waals surface area contributed by atoms with Crippen LogP contribution in [0.25, 0.3) is 0 Å². The number of carbonyl (C=O) groups is 2. The molecule has 2 rings (SSSR count). The highest BCUT2D eigenvalue weighted by molar-refractivity contribution is 5.78. The SMILES string of the molecule is CNCCC1CCN(CC(=O)N2CCCC(NC(C)=O)C2)CC1. The van der Waals surface area contributed by atoms with Crippen LogP contribution in [-0.4, -0.2) is 74.0 Å². The fraction of sp³-hybridized carbons (Fsp3) is 0.882. The molecular weight excluding hydrogens is 292 g/mol. The van der Waals surface area contributed by atoms with Gasteiger partial charge in [0.25, 0.3) is 0 Å². The first-order valence-corrected chi connectivity index (χ1v) is 9.00. The van der Waals surface area contributed by atoms with E-state index in [9.17, 15) is 9.59 Å². The number of nitrogens with one attached hydrogen (secondary N) is 2. The van der Waals surface area contributed by atoms with E-state index in [1.807, 2.05) is 11.9 Å². The number of likely N-dealkylation sites (tertiary alicyclic amines) is 2. The maximum Gasteiger partial charge on any atom is 0.236 e. The van der Waals surface area contributed by atoms with Crippen LogP contribution >= 0.6 is 0 Å². The Balaban J connectivity index is 1.71. The second-order valence-corrected chi connectivity index (χ2v) is 6.99. The van der Waals surface area contributed by atoms with Crippen LogP contribution in [0.5, 0.6) is 0 Å². The third kappa shape index (κ3) is 6.11. The Labute approximate surface area is 140 Å². The van der Waals surface area contributed by atoms with E-state index >= 15 is 0 Å². The van der Waals surface area contributed by atoms with Crippen molar-refractivity contribution < 1.29 is 9.59 Å². The molecule has 0 aromatic heterocycles. The summed E-state index contributed by atoms with van der Waals surface area (Å²) in [7, 11) is 2.00. The lowest BCUT2D eigenvalue weighted by Gasteiger charge is -2.36. The predicted molar refractivity (Wildman–Crippen MR) is 91.1 cm³/mol. The van der Waals surface area contributed by atoms with E-state index in [1.165, 1.54) is 19.3 Å². The highest BCUT2D eigenvalue weighted by Gasteiger charge is 2.26. The van der Waals surface area contributed by atoms with Gasteiger partial charge in [0.05, 0.1) is 6.54 Å². The van der Waals surface area contributed by atoms with Crippen molar-refractivity contribution >= 4 is 11.8 Å². The normalized spacial score (nSPS) is 23.7. The molecule has 0 radical (unpaired) electrons. The van der Waals surface area contributed by atoms with Crippen molar-refractivity contribution in [2.45, 2.75) is 45.1 Å². The van der Waals surface area contributed by atoms with E-state index in [0.29, 0.717) is 13.1 Å². The van der Waals surface area contributed by atoms with E-state index in [-0.39, 0.29) is 17.9 Å². The van der Waals surface area contributed by atoms with Crippen molar-refractivity contribution in [3.8, 4) is 0 Å². The molecule has 23 heavy (non-hydrogen) atoms. The summed E-state index contributed by atoms with van der Waals surface area (Å²) in [6, 6.07) is 0.123. The molecule has 1 unspecified atom stereocenters. The summed E-state index contributed by atoms with van der Waals surface area (Å²) < 4.78 is 0. The topological polar surface area (TPSA) is 64.7 Å². The summed E-state index contributed by atoms with van der Waals surface area (Å²) in [4.78, 5) is 27.9. The highest BCUT2D eigenvalue weighted by Crippen LogP contribution is 2.20. The molecule has 2 saturated heterocycles. The fourth-order valence-corrected chi connectivity index (χ4v) is 3.68. The number of carbonyl (C=O) groups excluding carboxylic acids is 2. The van der Waals surface area contributed by atoms with Gasteiger partial charge in [0.15, 0.2) is 0 Å². The molecule has 0 aromatic carbocycles. The van der Waals surface area contributed by atoms with Gasteiger partial charge in [-0.05, 0) is 64.7 Å². The molecule has 6 nitrogen and oxygen atoms in total. The lowest BCUT2D eigenvalue weighted by molar-refractivity contribution is -0.135. The average Bonchev–Trinajstić information content (AvgIpc) is 2.54. The van der Waals surface area contributed by atoms with Gasteiger partial charge in [-0.2, -0.15) is 0 Å². The molecule has 0 aliphatic carbocycles. The monoisotopic (exact) mass is 324 g/mol. The first-order chi connectivity index (χ1) is 11.1. The molecule has 2 aliphatic heterocycles. The van der Waals surface area contributed by atoms with E-state index in [1.54, 1.807) is 6.92 Å². The molecule has 0 spiro atoms. The molecule has 2 aliphatic rings. The van der Waals surface area contributed by atoms with Crippen molar-refractivity contribution in [1.29, 1.82) is 0 Å². The van der Waals surface area contributed by atoms with Crippen LogP contribution < -0.4 is 10.6 Å². The number of nitrogens with zero attached hydrogens (tertiary/aromatic N) is 2. The molecule has 6 heteroatoms.